The van der Waals surface area contributed by atoms with E-state index in [0.717, 1.165) is 83.5 Å². The lowest BCUT2D eigenvalue weighted by Crippen LogP contribution is -2.45. The first kappa shape index (κ1) is 62.3. The van der Waals surface area contributed by atoms with E-state index >= 15 is 0 Å². The smallest absolute Gasteiger partial charge is 0.305 e. The maximum Gasteiger partial charge on any atom is 0.305 e. The van der Waals surface area contributed by atoms with Crippen LogP contribution < -0.4 is 5.32 Å². The molecule has 2 atom stereocenters. The molecule has 0 saturated heterocycles. The Morgan fingerprint density at radius 1 is 0.438 bits per heavy atom. The van der Waals surface area contributed by atoms with Gasteiger partial charge in [-0.3, -0.25) is 9.59 Å². The Morgan fingerprint density at radius 3 is 1.19 bits per heavy atom. The molecule has 378 valence electrons. The number of amides is 1. The highest BCUT2D eigenvalue weighted by Crippen LogP contribution is 2.17. The summed E-state index contributed by atoms with van der Waals surface area (Å²) in [5.41, 5.74) is 0. The van der Waals surface area contributed by atoms with Gasteiger partial charge in [0.25, 0.3) is 0 Å². The van der Waals surface area contributed by atoms with Gasteiger partial charge in [-0.1, -0.05) is 256 Å². The van der Waals surface area contributed by atoms with Crippen molar-refractivity contribution in [3.8, 4) is 0 Å². The van der Waals surface area contributed by atoms with Crippen LogP contribution in [0.25, 0.3) is 0 Å². The molecule has 2 unspecified atom stereocenters. The molecule has 6 heteroatoms. The zero-order chi connectivity index (χ0) is 46.5. The highest BCUT2D eigenvalue weighted by atomic mass is 16.5. The minimum atomic E-state index is -0.674. The number of nitrogens with one attached hydrogen (secondary N) is 1. The molecule has 0 aromatic carbocycles. The van der Waals surface area contributed by atoms with Gasteiger partial charge < -0.3 is 20.3 Å². The average molecular weight is 903 g/mol. The number of ether oxygens (including phenoxy) is 1. The first-order valence-corrected chi connectivity index (χ1v) is 28.6. The molecule has 0 heterocycles. The van der Waals surface area contributed by atoms with Gasteiger partial charge in [0.15, 0.2) is 0 Å². The molecule has 0 fully saturated rings. The molecule has 0 spiro atoms. The molecule has 0 aromatic heterocycles. The predicted octanol–water partition coefficient (Wildman–Crippen LogP) is 17.5. The number of hydrogen-bond donors (Lipinski definition) is 3. The summed E-state index contributed by atoms with van der Waals surface area (Å²) >= 11 is 0. The molecule has 3 N–H and O–H groups in total. The summed E-state index contributed by atoms with van der Waals surface area (Å²) in [7, 11) is 0. The Hall–Kier alpha value is -1.66. The molecular weight excluding hydrogens is 791 g/mol. The topological polar surface area (TPSA) is 95.9 Å². The standard InChI is InChI=1S/C58H111NO5/c1-3-5-7-9-11-13-15-17-19-24-28-32-36-40-44-48-52-58(63)64-53-49-45-41-37-33-29-25-22-20-21-23-27-31-35-39-43-47-51-57(62)59-55(54-60)56(61)50-46-42-38-34-30-26-18-16-14-12-10-8-6-4-2/h20,22,29,33,55-56,60-61H,3-19,21,23-28,30-32,34-54H2,1-2H3,(H,59,62)/b22-20-,33-29-. The molecule has 6 nitrogen and oxygen atoms in total. The Bertz CT molecular complexity index is 997. The first-order chi connectivity index (χ1) is 31.5. The third kappa shape index (κ3) is 49.8. The molecule has 0 bridgehead atoms. The van der Waals surface area contributed by atoms with Crippen LogP contribution >= 0.6 is 0 Å². The van der Waals surface area contributed by atoms with E-state index in [1.807, 2.05) is 0 Å². The van der Waals surface area contributed by atoms with E-state index in [-0.39, 0.29) is 18.5 Å². The van der Waals surface area contributed by atoms with Crippen molar-refractivity contribution in [3.63, 3.8) is 0 Å². The maximum absolute atomic E-state index is 12.5. The number of rotatable bonds is 53. The molecule has 0 aromatic rings. The van der Waals surface area contributed by atoms with Gasteiger partial charge in [0, 0.05) is 12.8 Å². The van der Waals surface area contributed by atoms with Gasteiger partial charge >= 0.3 is 5.97 Å². The molecule has 0 rings (SSSR count). The molecule has 1 amide bonds. The minimum absolute atomic E-state index is 0.0118. The summed E-state index contributed by atoms with van der Waals surface area (Å²) in [4.78, 5) is 24.5. The Balaban J connectivity index is 3.48. The third-order valence-corrected chi connectivity index (χ3v) is 13.3. The highest BCUT2D eigenvalue weighted by Gasteiger charge is 2.20. The van der Waals surface area contributed by atoms with Gasteiger partial charge in [0.2, 0.25) is 5.91 Å². The van der Waals surface area contributed by atoms with Crippen LogP contribution in [0.2, 0.25) is 0 Å². The van der Waals surface area contributed by atoms with E-state index in [4.69, 9.17) is 4.74 Å². The molecule has 64 heavy (non-hydrogen) atoms. The number of esters is 1. The van der Waals surface area contributed by atoms with Crippen molar-refractivity contribution in [2.24, 2.45) is 0 Å². The SMILES string of the molecule is CCCCCCCCCCCCCCCCCCC(=O)OCCCCC/C=C\C/C=C\CCCCCCCCCC(=O)NC(CO)C(O)CCCCCCCCCCCCCCCC. The fourth-order valence-corrected chi connectivity index (χ4v) is 8.85. The summed E-state index contributed by atoms with van der Waals surface area (Å²) in [5, 5.41) is 23.2. The summed E-state index contributed by atoms with van der Waals surface area (Å²) in [6.07, 6.45) is 64.5. The molecule has 0 aliphatic carbocycles. The van der Waals surface area contributed by atoms with Crippen molar-refractivity contribution in [3.05, 3.63) is 24.3 Å². The lowest BCUT2D eigenvalue weighted by atomic mass is 10.0. The monoisotopic (exact) mass is 902 g/mol. The molecular formula is C58H111NO5. The largest absolute Gasteiger partial charge is 0.466 e. The van der Waals surface area contributed by atoms with E-state index in [0.29, 0.717) is 25.9 Å². The number of allylic oxidation sites excluding steroid dienone is 4. The van der Waals surface area contributed by atoms with Crippen molar-refractivity contribution in [1.29, 1.82) is 0 Å². The van der Waals surface area contributed by atoms with E-state index in [1.165, 1.54) is 193 Å². The number of aliphatic hydroxyl groups excluding tert-OH is 2. The van der Waals surface area contributed by atoms with Crippen molar-refractivity contribution < 1.29 is 24.5 Å². The van der Waals surface area contributed by atoms with Gasteiger partial charge in [-0.2, -0.15) is 0 Å². The fraction of sp³-hybridized carbons (Fsp3) is 0.897. The Kier molecular flexibility index (Phi) is 52.6. The van der Waals surface area contributed by atoms with Crippen molar-refractivity contribution in [1.82, 2.24) is 5.32 Å². The van der Waals surface area contributed by atoms with Crippen LogP contribution in [-0.2, 0) is 14.3 Å². The zero-order valence-corrected chi connectivity index (χ0v) is 43.0. The molecule has 0 saturated carbocycles. The quantitative estimate of drug-likeness (QED) is 0.0321. The molecule has 0 aliphatic heterocycles. The van der Waals surface area contributed by atoms with Crippen molar-refractivity contribution in [2.75, 3.05) is 13.2 Å². The van der Waals surface area contributed by atoms with Crippen LogP contribution in [0.3, 0.4) is 0 Å². The van der Waals surface area contributed by atoms with Crippen LogP contribution in [0.5, 0.6) is 0 Å². The van der Waals surface area contributed by atoms with Crippen LogP contribution in [0.1, 0.15) is 309 Å². The average Bonchev–Trinajstić information content (AvgIpc) is 3.29. The lowest BCUT2D eigenvalue weighted by Gasteiger charge is -2.22. The van der Waals surface area contributed by atoms with Crippen LogP contribution in [0.15, 0.2) is 24.3 Å². The number of hydrogen-bond acceptors (Lipinski definition) is 5. The molecule has 0 radical (unpaired) electrons. The normalized spacial score (nSPS) is 12.8. The summed E-state index contributed by atoms with van der Waals surface area (Å²) in [6.45, 7) is 4.92. The van der Waals surface area contributed by atoms with Gasteiger partial charge in [-0.15, -0.1) is 0 Å². The van der Waals surface area contributed by atoms with Crippen LogP contribution in [-0.4, -0.2) is 47.4 Å². The lowest BCUT2D eigenvalue weighted by molar-refractivity contribution is -0.143. The van der Waals surface area contributed by atoms with E-state index < -0.39 is 12.1 Å². The molecule has 0 aliphatic rings. The number of unbranched alkanes of at least 4 members (excludes halogenated alkanes) is 38. The second kappa shape index (κ2) is 54.0. The zero-order valence-electron chi connectivity index (χ0n) is 43.0. The van der Waals surface area contributed by atoms with Crippen molar-refractivity contribution >= 4 is 11.9 Å². The number of carbonyl (C=O) groups excluding carboxylic acids is 2. The second-order valence-corrected chi connectivity index (χ2v) is 19.6. The predicted molar refractivity (Wildman–Crippen MR) is 278 cm³/mol. The first-order valence-electron chi connectivity index (χ1n) is 28.6. The van der Waals surface area contributed by atoms with E-state index in [2.05, 4.69) is 43.5 Å². The van der Waals surface area contributed by atoms with E-state index in [9.17, 15) is 19.8 Å². The van der Waals surface area contributed by atoms with Crippen molar-refractivity contribution in [2.45, 2.75) is 321 Å². The van der Waals surface area contributed by atoms with Crippen LogP contribution in [0, 0.1) is 0 Å². The van der Waals surface area contributed by atoms with Gasteiger partial charge in [-0.25, -0.2) is 0 Å². The second-order valence-electron chi connectivity index (χ2n) is 19.6. The fourth-order valence-electron chi connectivity index (χ4n) is 8.85. The Morgan fingerprint density at radius 2 is 0.781 bits per heavy atom. The summed E-state index contributed by atoms with van der Waals surface area (Å²) < 4.78 is 5.46. The third-order valence-electron chi connectivity index (χ3n) is 13.3. The highest BCUT2D eigenvalue weighted by molar-refractivity contribution is 5.76. The summed E-state index contributed by atoms with van der Waals surface area (Å²) in [6, 6.07) is -0.553. The van der Waals surface area contributed by atoms with Gasteiger partial charge in [-0.05, 0) is 64.2 Å². The Labute approximate surface area is 399 Å². The minimum Gasteiger partial charge on any atom is -0.466 e. The summed E-state index contributed by atoms with van der Waals surface area (Å²) in [5.74, 6) is -0.0620. The van der Waals surface area contributed by atoms with Crippen LogP contribution in [0.4, 0.5) is 0 Å². The number of aliphatic hydroxyl groups is 2. The number of carbonyl (C=O) groups is 2. The van der Waals surface area contributed by atoms with Gasteiger partial charge in [0.05, 0.1) is 25.4 Å². The van der Waals surface area contributed by atoms with E-state index in [1.54, 1.807) is 0 Å². The van der Waals surface area contributed by atoms with Gasteiger partial charge in [0.1, 0.15) is 0 Å². The maximum atomic E-state index is 12.5.